The molecule has 1 atom stereocenters. The highest BCUT2D eigenvalue weighted by atomic mass is 16.5. The molecule has 0 aliphatic rings. The highest BCUT2D eigenvalue weighted by Crippen LogP contribution is 2.26. The lowest BCUT2D eigenvalue weighted by molar-refractivity contribution is -0.123. The molecule has 1 unspecified atom stereocenters. The van der Waals surface area contributed by atoms with E-state index in [0.29, 0.717) is 23.6 Å². The highest BCUT2D eigenvalue weighted by molar-refractivity contribution is 5.84. The Bertz CT molecular complexity index is 768. The molecule has 1 aromatic heterocycles. The summed E-state index contributed by atoms with van der Waals surface area (Å²) in [7, 11) is 0. The van der Waals surface area contributed by atoms with E-state index in [9.17, 15) is 14.7 Å². The largest absolute Gasteiger partial charge is 0.507 e. The van der Waals surface area contributed by atoms with Gasteiger partial charge in [-0.05, 0) is 24.5 Å². The summed E-state index contributed by atoms with van der Waals surface area (Å²) in [5.74, 6) is 0.553. The lowest BCUT2D eigenvalue weighted by Gasteiger charge is -2.15. The Hall–Kier alpha value is -2.50. The zero-order chi connectivity index (χ0) is 18.2. The molecule has 1 heterocycles. The van der Waals surface area contributed by atoms with Crippen molar-refractivity contribution >= 4 is 16.9 Å². The summed E-state index contributed by atoms with van der Waals surface area (Å²) in [5, 5.41) is 13.0. The van der Waals surface area contributed by atoms with Crippen molar-refractivity contribution in [1.29, 1.82) is 0 Å². The first-order valence-electron chi connectivity index (χ1n) is 8.69. The normalized spacial score (nSPS) is 12.1. The van der Waals surface area contributed by atoms with Crippen molar-refractivity contribution in [3.63, 3.8) is 0 Å². The van der Waals surface area contributed by atoms with E-state index in [1.807, 2.05) is 0 Å². The third kappa shape index (κ3) is 5.52. The second-order valence-corrected chi connectivity index (χ2v) is 6.12. The van der Waals surface area contributed by atoms with Gasteiger partial charge in [-0.3, -0.25) is 4.79 Å². The molecular formula is C19H25NO5. The number of hydrogen-bond donors (Lipinski definition) is 2. The average molecular weight is 347 g/mol. The van der Waals surface area contributed by atoms with Crippen LogP contribution < -0.4 is 15.7 Å². The Balaban J connectivity index is 1.89. The zero-order valence-electron chi connectivity index (χ0n) is 14.7. The molecule has 2 N–H and O–H groups in total. The summed E-state index contributed by atoms with van der Waals surface area (Å²) in [5.41, 5.74) is -0.425. The lowest BCUT2D eigenvalue weighted by atomic mass is 9.99. The third-order valence-corrected chi connectivity index (χ3v) is 4.20. The second-order valence-electron chi connectivity index (χ2n) is 6.12. The number of carbonyl (C=O) groups is 1. The van der Waals surface area contributed by atoms with E-state index in [0.717, 1.165) is 25.3 Å². The lowest BCUT2D eigenvalue weighted by Crippen LogP contribution is -2.33. The van der Waals surface area contributed by atoms with Gasteiger partial charge in [-0.25, -0.2) is 4.79 Å². The summed E-state index contributed by atoms with van der Waals surface area (Å²) >= 11 is 0. The van der Waals surface area contributed by atoms with E-state index in [-0.39, 0.29) is 23.8 Å². The molecule has 0 saturated heterocycles. The van der Waals surface area contributed by atoms with Gasteiger partial charge in [0.05, 0.1) is 11.5 Å². The van der Waals surface area contributed by atoms with Crippen LogP contribution in [0.25, 0.3) is 11.0 Å². The van der Waals surface area contributed by atoms with Crippen LogP contribution in [0.15, 0.2) is 33.5 Å². The van der Waals surface area contributed by atoms with Crippen LogP contribution in [-0.2, 0) is 4.79 Å². The van der Waals surface area contributed by atoms with Crippen LogP contribution in [0, 0.1) is 5.92 Å². The number of carbonyl (C=O) groups excluding carboxylic acids is 1. The number of unbranched alkanes of at least 4 members (excludes halogenated alkanes) is 1. The fourth-order valence-corrected chi connectivity index (χ4v) is 2.62. The van der Waals surface area contributed by atoms with Crippen LogP contribution in [0.1, 0.15) is 39.5 Å². The smallest absolute Gasteiger partial charge is 0.339 e. The molecule has 0 bridgehead atoms. The van der Waals surface area contributed by atoms with Crippen molar-refractivity contribution < 1.29 is 19.1 Å². The van der Waals surface area contributed by atoms with E-state index in [2.05, 4.69) is 19.2 Å². The van der Waals surface area contributed by atoms with E-state index >= 15 is 0 Å². The van der Waals surface area contributed by atoms with E-state index in [1.54, 1.807) is 12.1 Å². The van der Waals surface area contributed by atoms with Gasteiger partial charge in [0, 0.05) is 12.6 Å². The number of hydrogen-bond acceptors (Lipinski definition) is 5. The highest BCUT2D eigenvalue weighted by Gasteiger charge is 2.10. The number of fused-ring (bicyclic) bond motifs is 1. The molecule has 136 valence electrons. The molecule has 25 heavy (non-hydrogen) atoms. The number of ether oxygens (including phenoxy) is 1. The number of rotatable bonds is 9. The van der Waals surface area contributed by atoms with Gasteiger partial charge >= 0.3 is 5.63 Å². The summed E-state index contributed by atoms with van der Waals surface area (Å²) in [6.45, 7) is 4.82. The number of benzene rings is 1. The first-order chi connectivity index (χ1) is 12.0. The summed E-state index contributed by atoms with van der Waals surface area (Å²) < 4.78 is 10.5. The molecule has 0 aliphatic heterocycles. The van der Waals surface area contributed by atoms with Gasteiger partial charge < -0.3 is 19.6 Å². The average Bonchev–Trinajstić information content (AvgIpc) is 2.59. The molecule has 2 rings (SSSR count). The molecule has 0 aliphatic carbocycles. The third-order valence-electron chi connectivity index (χ3n) is 4.20. The Morgan fingerprint density at radius 2 is 2.12 bits per heavy atom. The summed E-state index contributed by atoms with van der Waals surface area (Å²) in [6, 6.07) is 5.70. The van der Waals surface area contributed by atoms with Gasteiger partial charge in [0.1, 0.15) is 17.1 Å². The quantitative estimate of drug-likeness (QED) is 0.680. The molecule has 0 saturated carbocycles. The minimum absolute atomic E-state index is 0.112. The number of nitrogens with one attached hydrogen (secondary N) is 1. The monoisotopic (exact) mass is 347 g/mol. The summed E-state index contributed by atoms with van der Waals surface area (Å²) in [6.07, 6.45) is 4.47. The maximum absolute atomic E-state index is 11.9. The molecule has 6 heteroatoms. The van der Waals surface area contributed by atoms with Gasteiger partial charge in [0.2, 0.25) is 0 Å². The Morgan fingerprint density at radius 3 is 2.84 bits per heavy atom. The minimum atomic E-state index is -0.641. The van der Waals surface area contributed by atoms with Crippen LogP contribution in [0.5, 0.6) is 11.5 Å². The molecular weight excluding hydrogens is 322 g/mol. The van der Waals surface area contributed by atoms with Crippen molar-refractivity contribution in [3.8, 4) is 11.5 Å². The van der Waals surface area contributed by atoms with Crippen molar-refractivity contribution in [2.24, 2.45) is 5.92 Å². The van der Waals surface area contributed by atoms with Gasteiger partial charge in [0.25, 0.3) is 5.91 Å². The number of aromatic hydroxyl groups is 1. The van der Waals surface area contributed by atoms with Crippen molar-refractivity contribution in [3.05, 3.63) is 34.7 Å². The van der Waals surface area contributed by atoms with Crippen LogP contribution in [0.4, 0.5) is 0 Å². The SMILES string of the molecule is CCCCC(CC)CNC(=O)COc1ccc2c(O)cc(=O)oc2c1. The minimum Gasteiger partial charge on any atom is -0.507 e. The van der Waals surface area contributed by atoms with Crippen molar-refractivity contribution in [2.45, 2.75) is 39.5 Å². The zero-order valence-corrected chi connectivity index (χ0v) is 14.7. The first kappa shape index (κ1) is 18.8. The van der Waals surface area contributed by atoms with Crippen LogP contribution >= 0.6 is 0 Å². The molecule has 2 aromatic rings. The topological polar surface area (TPSA) is 88.8 Å². The fourth-order valence-electron chi connectivity index (χ4n) is 2.62. The predicted octanol–water partition coefficient (Wildman–Crippen LogP) is 3.21. The van der Waals surface area contributed by atoms with Crippen LogP contribution in [0.3, 0.4) is 0 Å². The van der Waals surface area contributed by atoms with Gasteiger partial charge in [-0.2, -0.15) is 0 Å². The Kier molecular flexibility index (Phi) is 6.86. The first-order valence-corrected chi connectivity index (χ1v) is 8.69. The van der Waals surface area contributed by atoms with Crippen LogP contribution in [-0.4, -0.2) is 24.2 Å². The second kappa shape index (κ2) is 9.11. The molecule has 0 fully saturated rings. The van der Waals surface area contributed by atoms with Gasteiger partial charge in [0.15, 0.2) is 6.61 Å². The Labute approximate surface area is 146 Å². The standard InChI is InChI=1S/C19H25NO5/c1-3-5-6-13(4-2)11-20-18(22)12-24-14-7-8-15-16(21)10-19(23)25-17(15)9-14/h7-10,13,21H,3-6,11-12H2,1-2H3,(H,20,22). The number of amides is 1. The Morgan fingerprint density at radius 1 is 1.32 bits per heavy atom. The van der Waals surface area contributed by atoms with E-state index in [4.69, 9.17) is 9.15 Å². The maximum atomic E-state index is 11.9. The molecule has 1 amide bonds. The molecule has 0 spiro atoms. The van der Waals surface area contributed by atoms with E-state index < -0.39 is 5.63 Å². The predicted molar refractivity (Wildman–Crippen MR) is 96.0 cm³/mol. The van der Waals surface area contributed by atoms with E-state index in [1.165, 1.54) is 12.5 Å². The summed E-state index contributed by atoms with van der Waals surface area (Å²) in [4.78, 5) is 23.2. The molecule has 1 aromatic carbocycles. The van der Waals surface area contributed by atoms with Gasteiger partial charge in [-0.15, -0.1) is 0 Å². The van der Waals surface area contributed by atoms with Gasteiger partial charge in [-0.1, -0.05) is 33.1 Å². The fraction of sp³-hybridized carbons (Fsp3) is 0.474. The van der Waals surface area contributed by atoms with Crippen molar-refractivity contribution in [2.75, 3.05) is 13.2 Å². The molecule has 6 nitrogen and oxygen atoms in total. The van der Waals surface area contributed by atoms with Crippen molar-refractivity contribution in [1.82, 2.24) is 5.32 Å². The van der Waals surface area contributed by atoms with Crippen LogP contribution in [0.2, 0.25) is 0 Å². The maximum Gasteiger partial charge on any atom is 0.339 e. The molecule has 0 radical (unpaired) electrons.